The summed E-state index contributed by atoms with van der Waals surface area (Å²) in [5.41, 5.74) is 0.214. The Kier molecular flexibility index (Phi) is 7.85. The van der Waals surface area contributed by atoms with E-state index in [-0.39, 0.29) is 0 Å². The van der Waals surface area contributed by atoms with Crippen molar-refractivity contribution in [3.05, 3.63) is 42.5 Å². The fraction of sp³-hybridized carbons (Fsp3) is 0.417. The summed E-state index contributed by atoms with van der Waals surface area (Å²) in [6, 6.07) is 0.329. The fourth-order valence-corrected chi connectivity index (χ4v) is 1.63. The number of hydrogen-bond acceptors (Lipinski definition) is 8. The molecule has 0 aromatic heterocycles. The maximum atomic E-state index is 11.1. The molecule has 0 aliphatic rings. The minimum absolute atomic E-state index is 0.384. The molecule has 1 rings (SSSR count). The van der Waals surface area contributed by atoms with Gasteiger partial charge in [0.1, 0.15) is 0 Å². The SMILES string of the molecule is CC(C)C[C@H]([NH3+])C(=O)O.O=[N+]([O-])c1cc([N+](=O)[O-])c([O-])c([N+](=O)[O-])c1. The van der Waals surface area contributed by atoms with E-state index in [1.807, 2.05) is 13.8 Å². The summed E-state index contributed by atoms with van der Waals surface area (Å²) in [5.74, 6) is -1.84. The lowest BCUT2D eigenvalue weighted by Crippen LogP contribution is -2.65. The lowest BCUT2D eigenvalue weighted by Gasteiger charge is -2.06. The maximum Gasteiger partial charge on any atom is 0.362 e. The van der Waals surface area contributed by atoms with Crippen LogP contribution in [-0.2, 0) is 4.79 Å². The number of carbonyl (C=O) groups is 1. The van der Waals surface area contributed by atoms with Crippen molar-refractivity contribution < 1.29 is 35.5 Å². The molecule has 4 N–H and O–H groups in total. The highest BCUT2D eigenvalue weighted by Crippen LogP contribution is 2.36. The smallest absolute Gasteiger partial charge is 0.362 e. The van der Waals surface area contributed by atoms with Crippen molar-refractivity contribution in [2.75, 3.05) is 0 Å². The van der Waals surface area contributed by atoms with Crippen molar-refractivity contribution in [3.8, 4) is 5.75 Å². The molecule has 1 atom stereocenters. The highest BCUT2D eigenvalue weighted by atomic mass is 16.6. The Balaban J connectivity index is 0.000000547. The number of nitrogens with zero attached hydrogens (tertiary/aromatic N) is 3. The van der Waals surface area contributed by atoms with Crippen LogP contribution in [0.4, 0.5) is 17.1 Å². The molecule has 0 radical (unpaired) electrons. The molecule has 0 saturated carbocycles. The van der Waals surface area contributed by atoms with Gasteiger partial charge in [-0.05, 0) is 5.92 Å². The van der Waals surface area contributed by atoms with Crippen LogP contribution >= 0.6 is 0 Å². The van der Waals surface area contributed by atoms with Crippen LogP contribution < -0.4 is 10.8 Å². The predicted molar refractivity (Wildman–Crippen MR) is 79.6 cm³/mol. The van der Waals surface area contributed by atoms with Crippen LogP contribution in [0.15, 0.2) is 12.1 Å². The van der Waals surface area contributed by atoms with Gasteiger partial charge in [0.15, 0.2) is 6.04 Å². The van der Waals surface area contributed by atoms with Gasteiger partial charge in [0.25, 0.3) is 17.1 Å². The van der Waals surface area contributed by atoms with E-state index in [4.69, 9.17) is 5.11 Å². The summed E-state index contributed by atoms with van der Waals surface area (Å²) < 4.78 is 0. The second-order valence-electron chi connectivity index (χ2n) is 5.25. The quantitative estimate of drug-likeness (QED) is 0.522. The maximum absolute atomic E-state index is 11.1. The van der Waals surface area contributed by atoms with Gasteiger partial charge in [-0.25, -0.2) is 4.79 Å². The van der Waals surface area contributed by atoms with Gasteiger partial charge in [0, 0.05) is 6.42 Å². The molecule has 138 valence electrons. The summed E-state index contributed by atoms with van der Waals surface area (Å²) in [6.45, 7) is 3.97. The van der Waals surface area contributed by atoms with Gasteiger partial charge in [-0.1, -0.05) is 13.8 Å². The summed E-state index contributed by atoms with van der Waals surface area (Å²) in [4.78, 5) is 37.7. The van der Waals surface area contributed by atoms with Crippen molar-refractivity contribution >= 4 is 23.0 Å². The Morgan fingerprint density at radius 1 is 1.08 bits per heavy atom. The molecule has 0 amide bonds. The number of nitro benzene ring substituents is 3. The van der Waals surface area contributed by atoms with E-state index in [9.17, 15) is 40.2 Å². The molecule has 0 aliphatic carbocycles. The van der Waals surface area contributed by atoms with Gasteiger partial charge in [0.05, 0.1) is 32.7 Å². The van der Waals surface area contributed by atoms with Crippen LogP contribution in [0.3, 0.4) is 0 Å². The summed E-state index contributed by atoms with van der Waals surface area (Å²) >= 11 is 0. The van der Waals surface area contributed by atoms with E-state index in [1.54, 1.807) is 0 Å². The second-order valence-corrected chi connectivity index (χ2v) is 5.25. The molecular weight excluding hydrogens is 344 g/mol. The van der Waals surface area contributed by atoms with Crippen LogP contribution in [0.2, 0.25) is 0 Å². The monoisotopic (exact) mass is 360 g/mol. The average molecular weight is 360 g/mol. The van der Waals surface area contributed by atoms with Crippen LogP contribution in [0.1, 0.15) is 20.3 Å². The summed E-state index contributed by atoms with van der Waals surface area (Å²) in [5, 5.41) is 50.5. The molecule has 0 heterocycles. The van der Waals surface area contributed by atoms with Crippen molar-refractivity contribution in [1.82, 2.24) is 0 Å². The number of aliphatic carboxylic acids is 1. The molecule has 0 spiro atoms. The first-order valence-electron chi connectivity index (χ1n) is 6.72. The lowest BCUT2D eigenvalue weighted by molar-refractivity contribution is -0.420. The van der Waals surface area contributed by atoms with Gasteiger partial charge in [0.2, 0.25) is 0 Å². The molecule has 0 aliphatic heterocycles. The van der Waals surface area contributed by atoms with Crippen molar-refractivity contribution in [2.45, 2.75) is 26.3 Å². The fourth-order valence-electron chi connectivity index (χ4n) is 1.63. The summed E-state index contributed by atoms with van der Waals surface area (Å²) in [6.07, 6.45) is 0.662. The molecule has 13 heteroatoms. The minimum atomic E-state index is -1.46. The van der Waals surface area contributed by atoms with Crippen LogP contribution in [-0.4, -0.2) is 31.9 Å². The van der Waals surface area contributed by atoms with E-state index >= 15 is 0 Å². The molecular formula is C12H16N4O9. The Hall–Kier alpha value is -3.35. The first kappa shape index (κ1) is 21.6. The van der Waals surface area contributed by atoms with Crippen LogP contribution in [0.5, 0.6) is 5.75 Å². The molecule has 0 saturated heterocycles. The van der Waals surface area contributed by atoms with Gasteiger partial charge >= 0.3 is 5.97 Å². The topological polar surface area (TPSA) is 217 Å². The van der Waals surface area contributed by atoms with Gasteiger partial charge in [-0.15, -0.1) is 0 Å². The predicted octanol–water partition coefficient (Wildman–Crippen LogP) is 0.212. The minimum Gasteiger partial charge on any atom is -0.863 e. The molecule has 25 heavy (non-hydrogen) atoms. The lowest BCUT2D eigenvalue weighted by atomic mass is 10.1. The molecule has 13 nitrogen and oxygen atoms in total. The Labute approximate surface area is 140 Å². The van der Waals surface area contributed by atoms with E-state index in [1.165, 1.54) is 0 Å². The zero-order valence-corrected chi connectivity index (χ0v) is 13.3. The number of carboxylic acid groups (broad SMARTS) is 1. The zero-order chi connectivity index (χ0) is 19.9. The Bertz CT molecular complexity index is 654. The Morgan fingerprint density at radius 3 is 1.68 bits per heavy atom. The number of rotatable bonds is 6. The van der Waals surface area contributed by atoms with E-state index in [0.717, 1.165) is 0 Å². The molecule has 1 aromatic carbocycles. The number of nitro groups is 3. The first-order chi connectivity index (χ1) is 11.4. The van der Waals surface area contributed by atoms with Crippen molar-refractivity contribution in [2.24, 2.45) is 5.92 Å². The standard InChI is InChI=1S/C6H3N3O7.C6H13NO2/c10-6-4(8(13)14)1-3(7(11)12)2-5(6)9(15)16;1-4(2)3-5(7)6(8)9/h1-2,10H;4-5H,3,7H2,1-2H3,(H,8,9)/t;5-/m.0/s1. The largest absolute Gasteiger partial charge is 0.863 e. The molecule has 0 bridgehead atoms. The zero-order valence-electron chi connectivity index (χ0n) is 13.3. The summed E-state index contributed by atoms with van der Waals surface area (Å²) in [7, 11) is 0. The van der Waals surface area contributed by atoms with Crippen molar-refractivity contribution in [1.29, 1.82) is 0 Å². The van der Waals surface area contributed by atoms with E-state index in [2.05, 4.69) is 5.73 Å². The molecule has 1 aromatic rings. The first-order valence-corrected chi connectivity index (χ1v) is 6.72. The number of quaternary nitrogens is 1. The van der Waals surface area contributed by atoms with Crippen LogP contribution in [0.25, 0.3) is 0 Å². The van der Waals surface area contributed by atoms with Crippen molar-refractivity contribution in [3.63, 3.8) is 0 Å². The van der Waals surface area contributed by atoms with Gasteiger partial charge < -0.3 is 15.9 Å². The average Bonchev–Trinajstić information content (AvgIpc) is 2.46. The third kappa shape index (κ3) is 6.74. The Morgan fingerprint density at radius 2 is 1.48 bits per heavy atom. The van der Waals surface area contributed by atoms with Gasteiger partial charge in [-0.3, -0.25) is 30.3 Å². The van der Waals surface area contributed by atoms with E-state index in [0.29, 0.717) is 24.5 Å². The second kappa shape index (κ2) is 9.07. The number of carboxylic acids is 1. The normalized spacial score (nSPS) is 11.2. The van der Waals surface area contributed by atoms with E-state index < -0.39 is 49.6 Å². The van der Waals surface area contributed by atoms with Gasteiger partial charge in [-0.2, -0.15) is 0 Å². The highest BCUT2D eigenvalue weighted by molar-refractivity contribution is 5.71. The third-order valence-electron chi connectivity index (χ3n) is 2.74. The van der Waals surface area contributed by atoms with Crippen LogP contribution in [0, 0.1) is 36.3 Å². The third-order valence-corrected chi connectivity index (χ3v) is 2.74. The number of hydrogen-bond donors (Lipinski definition) is 2. The number of non-ortho nitro benzene ring substituents is 1. The number of benzene rings is 1. The molecule has 0 unspecified atom stereocenters. The molecule has 0 fully saturated rings. The highest BCUT2D eigenvalue weighted by Gasteiger charge is 2.24.